The Labute approximate surface area is 128 Å². The number of rotatable bonds is 7. The van der Waals surface area contributed by atoms with Gasteiger partial charge in [0.15, 0.2) is 0 Å². The Morgan fingerprint density at radius 2 is 2.14 bits per heavy atom. The quantitative estimate of drug-likeness (QED) is 0.691. The molecule has 3 rings (SSSR count). The van der Waals surface area contributed by atoms with Crippen LogP contribution in [0.4, 0.5) is 5.95 Å². The van der Waals surface area contributed by atoms with Crippen LogP contribution in [-0.2, 0) is 13.1 Å². The van der Waals surface area contributed by atoms with Crippen molar-refractivity contribution in [2.24, 2.45) is 0 Å². The van der Waals surface area contributed by atoms with Crippen molar-refractivity contribution in [1.82, 2.24) is 24.3 Å². The number of imidazole rings is 1. The number of hydrogen-bond donors (Lipinski definition) is 2. The number of aromatic nitrogens is 5. The van der Waals surface area contributed by atoms with Crippen LogP contribution in [0.1, 0.15) is 13.3 Å². The van der Waals surface area contributed by atoms with Gasteiger partial charge in [-0.3, -0.25) is 4.68 Å². The van der Waals surface area contributed by atoms with E-state index >= 15 is 0 Å². The largest absolute Gasteiger partial charge is 0.392 e. The first-order chi connectivity index (χ1) is 10.7. The van der Waals surface area contributed by atoms with Crippen molar-refractivity contribution in [2.45, 2.75) is 32.5 Å². The van der Waals surface area contributed by atoms with Crippen LogP contribution in [-0.4, -0.2) is 42.1 Å². The van der Waals surface area contributed by atoms with Crippen LogP contribution in [0.25, 0.3) is 11.0 Å². The van der Waals surface area contributed by atoms with Gasteiger partial charge in [0.2, 0.25) is 5.95 Å². The highest BCUT2D eigenvalue weighted by Gasteiger charge is 2.10. The van der Waals surface area contributed by atoms with Gasteiger partial charge in [-0.1, -0.05) is 12.1 Å². The van der Waals surface area contributed by atoms with E-state index in [1.54, 1.807) is 19.6 Å². The lowest BCUT2D eigenvalue weighted by Crippen LogP contribution is -2.18. The number of para-hydroxylation sites is 2. The molecule has 116 valence electrons. The van der Waals surface area contributed by atoms with E-state index in [0.717, 1.165) is 36.5 Å². The zero-order chi connectivity index (χ0) is 15.4. The van der Waals surface area contributed by atoms with Crippen molar-refractivity contribution in [1.29, 1.82) is 0 Å². The molecule has 2 N–H and O–H groups in total. The summed E-state index contributed by atoms with van der Waals surface area (Å²) in [5.74, 6) is 0.792. The minimum absolute atomic E-state index is 0.414. The standard InChI is InChI=1S/C15H20N6O/c1-12(22)9-17-15-19-13-5-2-3-6-14(13)21(15)8-4-7-20-11-16-10-18-20/h2-3,5-6,10-12,22H,4,7-9H2,1H3,(H,17,19)/t12-/m0/s1. The zero-order valence-corrected chi connectivity index (χ0v) is 12.6. The molecule has 0 aliphatic heterocycles. The summed E-state index contributed by atoms with van der Waals surface area (Å²) in [7, 11) is 0. The Morgan fingerprint density at radius 1 is 1.27 bits per heavy atom. The number of aliphatic hydroxyl groups excluding tert-OH is 1. The molecule has 0 saturated heterocycles. The summed E-state index contributed by atoms with van der Waals surface area (Å²) < 4.78 is 3.97. The van der Waals surface area contributed by atoms with Crippen molar-refractivity contribution in [3.05, 3.63) is 36.9 Å². The van der Waals surface area contributed by atoms with Gasteiger partial charge in [-0.25, -0.2) is 9.97 Å². The molecule has 0 bridgehead atoms. The normalized spacial score (nSPS) is 12.6. The van der Waals surface area contributed by atoms with Crippen molar-refractivity contribution < 1.29 is 5.11 Å². The maximum Gasteiger partial charge on any atom is 0.203 e. The Hall–Kier alpha value is -2.41. The maximum absolute atomic E-state index is 9.46. The number of aryl methyl sites for hydroxylation is 2. The molecule has 0 saturated carbocycles. The van der Waals surface area contributed by atoms with Gasteiger partial charge < -0.3 is 15.0 Å². The van der Waals surface area contributed by atoms with Crippen LogP contribution in [0, 0.1) is 0 Å². The highest BCUT2D eigenvalue weighted by atomic mass is 16.3. The minimum Gasteiger partial charge on any atom is -0.392 e. The fourth-order valence-electron chi connectivity index (χ4n) is 2.41. The molecule has 0 spiro atoms. The number of fused-ring (bicyclic) bond motifs is 1. The predicted molar refractivity (Wildman–Crippen MR) is 84.5 cm³/mol. The molecule has 0 radical (unpaired) electrons. The third-order valence-electron chi connectivity index (χ3n) is 3.45. The van der Waals surface area contributed by atoms with Gasteiger partial charge >= 0.3 is 0 Å². The van der Waals surface area contributed by atoms with Crippen LogP contribution >= 0.6 is 0 Å². The summed E-state index contributed by atoms with van der Waals surface area (Å²) in [4.78, 5) is 8.55. The van der Waals surface area contributed by atoms with Gasteiger partial charge in [0.05, 0.1) is 17.1 Å². The molecule has 2 heterocycles. The maximum atomic E-state index is 9.46. The van der Waals surface area contributed by atoms with E-state index in [4.69, 9.17) is 0 Å². The highest BCUT2D eigenvalue weighted by Crippen LogP contribution is 2.20. The van der Waals surface area contributed by atoms with Gasteiger partial charge in [0.25, 0.3) is 0 Å². The van der Waals surface area contributed by atoms with Crippen molar-refractivity contribution in [3.63, 3.8) is 0 Å². The van der Waals surface area contributed by atoms with Crippen LogP contribution in [0.2, 0.25) is 0 Å². The topological polar surface area (TPSA) is 80.8 Å². The second-order valence-corrected chi connectivity index (χ2v) is 5.32. The highest BCUT2D eigenvalue weighted by molar-refractivity contribution is 5.78. The molecular weight excluding hydrogens is 280 g/mol. The summed E-state index contributed by atoms with van der Waals surface area (Å²) in [5, 5.41) is 16.8. The summed E-state index contributed by atoms with van der Waals surface area (Å²) in [5.41, 5.74) is 2.05. The molecule has 2 aromatic heterocycles. The molecule has 0 unspecified atom stereocenters. The molecule has 0 aliphatic carbocycles. The van der Waals surface area contributed by atoms with Crippen LogP contribution in [0.15, 0.2) is 36.9 Å². The third-order valence-corrected chi connectivity index (χ3v) is 3.45. The summed E-state index contributed by atoms with van der Waals surface area (Å²) in [6, 6.07) is 8.05. The first-order valence-corrected chi connectivity index (χ1v) is 7.43. The minimum atomic E-state index is -0.414. The van der Waals surface area contributed by atoms with E-state index in [-0.39, 0.29) is 0 Å². The van der Waals surface area contributed by atoms with E-state index in [2.05, 4.69) is 31.0 Å². The van der Waals surface area contributed by atoms with Gasteiger partial charge in [-0.05, 0) is 25.5 Å². The molecule has 0 fully saturated rings. The van der Waals surface area contributed by atoms with Gasteiger partial charge in [0.1, 0.15) is 12.7 Å². The van der Waals surface area contributed by atoms with Crippen LogP contribution in [0.5, 0.6) is 0 Å². The lowest BCUT2D eigenvalue weighted by Gasteiger charge is -2.12. The van der Waals surface area contributed by atoms with E-state index in [1.165, 1.54) is 0 Å². The van der Waals surface area contributed by atoms with E-state index in [1.807, 2.05) is 22.9 Å². The van der Waals surface area contributed by atoms with Gasteiger partial charge in [-0.2, -0.15) is 5.10 Å². The summed E-state index contributed by atoms with van der Waals surface area (Å²) in [6.07, 6.45) is 3.77. The molecule has 0 amide bonds. The number of benzene rings is 1. The number of nitrogens with zero attached hydrogens (tertiary/aromatic N) is 5. The van der Waals surface area contributed by atoms with Crippen LogP contribution in [0.3, 0.4) is 0 Å². The molecule has 7 nitrogen and oxygen atoms in total. The second-order valence-electron chi connectivity index (χ2n) is 5.32. The molecular formula is C15H20N6O. The van der Waals surface area contributed by atoms with E-state index < -0.39 is 6.10 Å². The molecule has 0 aliphatic rings. The van der Waals surface area contributed by atoms with Crippen molar-refractivity contribution in [2.75, 3.05) is 11.9 Å². The SMILES string of the molecule is C[C@H](O)CNc1nc2ccccc2n1CCCn1cncn1. The first kappa shape index (κ1) is 14.5. The molecule has 3 aromatic rings. The molecule has 1 aromatic carbocycles. The average Bonchev–Trinajstić information content (AvgIpc) is 3.13. The molecule has 7 heteroatoms. The Balaban J connectivity index is 1.77. The number of nitrogens with one attached hydrogen (secondary N) is 1. The fourth-order valence-corrected chi connectivity index (χ4v) is 2.41. The second kappa shape index (κ2) is 6.57. The third kappa shape index (κ3) is 3.25. The zero-order valence-electron chi connectivity index (χ0n) is 12.6. The van der Waals surface area contributed by atoms with Gasteiger partial charge in [-0.15, -0.1) is 0 Å². The van der Waals surface area contributed by atoms with Crippen molar-refractivity contribution >= 4 is 17.0 Å². The number of anilines is 1. The summed E-state index contributed by atoms with van der Waals surface area (Å²) in [6.45, 7) is 3.86. The lowest BCUT2D eigenvalue weighted by molar-refractivity contribution is 0.208. The number of hydrogen-bond acceptors (Lipinski definition) is 5. The monoisotopic (exact) mass is 300 g/mol. The summed E-state index contributed by atoms with van der Waals surface area (Å²) >= 11 is 0. The van der Waals surface area contributed by atoms with Crippen LogP contribution < -0.4 is 5.32 Å². The van der Waals surface area contributed by atoms with E-state index in [0.29, 0.717) is 6.54 Å². The molecule has 1 atom stereocenters. The number of aliphatic hydroxyl groups is 1. The smallest absolute Gasteiger partial charge is 0.203 e. The predicted octanol–water partition coefficient (Wildman–Crippen LogP) is 1.51. The lowest BCUT2D eigenvalue weighted by atomic mass is 10.3. The first-order valence-electron chi connectivity index (χ1n) is 7.43. The van der Waals surface area contributed by atoms with Crippen molar-refractivity contribution in [3.8, 4) is 0 Å². The Morgan fingerprint density at radius 3 is 2.91 bits per heavy atom. The van der Waals surface area contributed by atoms with Gasteiger partial charge in [0, 0.05) is 19.6 Å². The molecule has 22 heavy (non-hydrogen) atoms. The fraction of sp³-hybridized carbons (Fsp3) is 0.400. The van der Waals surface area contributed by atoms with E-state index in [9.17, 15) is 5.11 Å². The Bertz CT molecular complexity index is 719. The Kier molecular flexibility index (Phi) is 4.34. The average molecular weight is 300 g/mol.